The van der Waals surface area contributed by atoms with Crippen LogP contribution in [0, 0.1) is 12.8 Å². The van der Waals surface area contributed by atoms with Gasteiger partial charge in [-0.3, -0.25) is 14.4 Å². The van der Waals surface area contributed by atoms with Crippen molar-refractivity contribution in [2.24, 2.45) is 5.92 Å². The number of furan rings is 1. The molecule has 39 heavy (non-hydrogen) atoms. The van der Waals surface area contributed by atoms with Crippen LogP contribution in [0.25, 0.3) is 11.0 Å². The Morgan fingerprint density at radius 2 is 2.03 bits per heavy atom. The molecule has 0 bridgehead atoms. The molecule has 10 nitrogen and oxygen atoms in total. The fourth-order valence-electron chi connectivity index (χ4n) is 5.60. The summed E-state index contributed by atoms with van der Waals surface area (Å²) in [6, 6.07) is 3.45. The molecule has 11 heteroatoms. The molecule has 3 aliphatic heterocycles. The first-order valence-corrected chi connectivity index (χ1v) is 13.5. The number of benzene rings is 1. The molecule has 2 amide bonds. The summed E-state index contributed by atoms with van der Waals surface area (Å²) >= 11 is 0. The van der Waals surface area contributed by atoms with Crippen molar-refractivity contribution in [1.82, 2.24) is 15.1 Å². The number of carbonyl (C=O) groups excluding carboxylic acids is 3. The van der Waals surface area contributed by atoms with E-state index >= 15 is 0 Å². The van der Waals surface area contributed by atoms with Crippen molar-refractivity contribution in [1.29, 1.82) is 0 Å². The third-order valence-electron chi connectivity index (χ3n) is 7.61. The highest BCUT2D eigenvalue weighted by Gasteiger charge is 2.53. The number of likely N-dealkylation sites (N-methyl/N-ethyl adjacent to an activating group) is 1. The number of halogens is 1. The number of hydrogen-bond acceptors (Lipinski definition) is 8. The molecule has 3 unspecified atom stereocenters. The minimum absolute atomic E-state index is 0.0219. The van der Waals surface area contributed by atoms with Gasteiger partial charge < -0.3 is 33.7 Å². The normalized spacial score (nSPS) is 26.3. The Bertz CT molecular complexity index is 1250. The van der Waals surface area contributed by atoms with Gasteiger partial charge in [0.2, 0.25) is 5.91 Å². The molecule has 2 aromatic rings. The van der Waals surface area contributed by atoms with Crippen molar-refractivity contribution in [2.75, 3.05) is 46.5 Å². The van der Waals surface area contributed by atoms with Crippen molar-refractivity contribution < 1.29 is 37.4 Å². The van der Waals surface area contributed by atoms with E-state index in [0.717, 1.165) is 18.5 Å². The van der Waals surface area contributed by atoms with Crippen molar-refractivity contribution in [2.45, 2.75) is 57.7 Å². The van der Waals surface area contributed by atoms with Gasteiger partial charge in [-0.2, -0.15) is 0 Å². The number of ketones is 1. The SMILES string of the molecule is Cc1c(C(=O)N[C@@H](CC(C)C)C(=O)N2CC(F)C3OCC(=O)C32)oc2ccc(OC[C@@H]3CN(C)CCO3)cc12. The molecule has 3 saturated heterocycles. The summed E-state index contributed by atoms with van der Waals surface area (Å²) in [5.41, 5.74) is 1.13. The van der Waals surface area contributed by atoms with E-state index in [9.17, 15) is 18.8 Å². The van der Waals surface area contributed by atoms with Gasteiger partial charge in [-0.1, -0.05) is 13.8 Å². The molecule has 5 atom stereocenters. The summed E-state index contributed by atoms with van der Waals surface area (Å²) in [7, 11) is 2.05. The van der Waals surface area contributed by atoms with E-state index in [1.807, 2.05) is 27.0 Å². The standard InChI is InChI=1S/C28H36FN3O7/c1-15(2)9-21(28(35)32-12-20(29)26-24(32)22(33)14-38-26)30-27(34)25-16(3)19-10-17(5-6-23(19)39-25)37-13-18-11-31(4)7-8-36-18/h5-6,10,15,18,20-21,24,26H,7-9,11-14H2,1-4H3,(H,30,34)/t18-,20?,21-,24?,26?/m0/s1. The van der Waals surface area contributed by atoms with Gasteiger partial charge in [0.1, 0.15) is 55.0 Å². The average Bonchev–Trinajstić information content (AvgIpc) is 3.55. The Kier molecular flexibility index (Phi) is 7.93. The van der Waals surface area contributed by atoms with Crippen molar-refractivity contribution in [3.05, 3.63) is 29.5 Å². The van der Waals surface area contributed by atoms with Crippen LogP contribution in [0.3, 0.4) is 0 Å². The fourth-order valence-corrected chi connectivity index (χ4v) is 5.60. The predicted molar refractivity (Wildman–Crippen MR) is 140 cm³/mol. The lowest BCUT2D eigenvalue weighted by Gasteiger charge is -2.29. The van der Waals surface area contributed by atoms with E-state index in [4.69, 9.17) is 18.6 Å². The number of alkyl halides is 1. The summed E-state index contributed by atoms with van der Waals surface area (Å²) in [5, 5.41) is 3.51. The molecule has 0 saturated carbocycles. The fraction of sp³-hybridized carbons (Fsp3) is 0.607. The largest absolute Gasteiger partial charge is 0.491 e. The number of nitrogens with one attached hydrogen (secondary N) is 1. The summed E-state index contributed by atoms with van der Waals surface area (Å²) < 4.78 is 37.4. The Labute approximate surface area is 226 Å². The summed E-state index contributed by atoms with van der Waals surface area (Å²) in [5.74, 6) is -0.591. The van der Waals surface area contributed by atoms with Crippen LogP contribution in [0.1, 0.15) is 36.4 Å². The maximum absolute atomic E-state index is 14.5. The highest BCUT2D eigenvalue weighted by Crippen LogP contribution is 2.32. The average molecular weight is 546 g/mol. The first kappa shape index (κ1) is 27.5. The topological polar surface area (TPSA) is 111 Å². The molecule has 1 aromatic heterocycles. The molecule has 212 valence electrons. The monoisotopic (exact) mass is 545 g/mol. The van der Waals surface area contributed by atoms with Crippen molar-refractivity contribution >= 4 is 28.6 Å². The number of likely N-dealkylation sites (tertiary alicyclic amines) is 1. The molecule has 1 aromatic carbocycles. The predicted octanol–water partition coefficient (Wildman–Crippen LogP) is 2.11. The molecule has 0 spiro atoms. The van der Waals surface area contributed by atoms with E-state index in [2.05, 4.69) is 10.2 Å². The van der Waals surface area contributed by atoms with Crippen molar-refractivity contribution in [3.8, 4) is 5.75 Å². The quantitative estimate of drug-likeness (QED) is 0.537. The Hall–Kier alpha value is -3.02. The number of morpholine rings is 1. The summed E-state index contributed by atoms with van der Waals surface area (Å²) in [6.45, 7) is 7.93. The van der Waals surface area contributed by atoms with Crippen LogP contribution in [0.4, 0.5) is 4.39 Å². The second kappa shape index (κ2) is 11.2. The molecule has 3 aliphatic rings. The molecule has 0 aliphatic carbocycles. The molecule has 3 fully saturated rings. The van der Waals surface area contributed by atoms with Crippen LogP contribution in [-0.2, 0) is 19.1 Å². The van der Waals surface area contributed by atoms with Gasteiger partial charge in [0.05, 0.1) is 13.2 Å². The van der Waals surface area contributed by atoms with Crippen LogP contribution in [0.15, 0.2) is 22.6 Å². The third kappa shape index (κ3) is 5.66. The second-order valence-corrected chi connectivity index (χ2v) is 11.1. The molecule has 5 rings (SSSR count). The Morgan fingerprint density at radius 3 is 2.77 bits per heavy atom. The maximum Gasteiger partial charge on any atom is 0.287 e. The third-order valence-corrected chi connectivity index (χ3v) is 7.61. The zero-order valence-electron chi connectivity index (χ0n) is 22.8. The number of amides is 2. The first-order chi connectivity index (χ1) is 18.6. The number of Topliss-reactive ketones (excluding diaryl/α,β-unsaturated/α-hetero) is 1. The maximum atomic E-state index is 14.5. The Balaban J connectivity index is 1.30. The lowest BCUT2D eigenvalue weighted by atomic mass is 10.0. The molecular formula is C28H36FN3O7. The molecular weight excluding hydrogens is 509 g/mol. The first-order valence-electron chi connectivity index (χ1n) is 13.5. The van der Waals surface area contributed by atoms with Crippen molar-refractivity contribution in [3.63, 3.8) is 0 Å². The summed E-state index contributed by atoms with van der Waals surface area (Å²) in [4.78, 5) is 42.6. The lowest BCUT2D eigenvalue weighted by molar-refractivity contribution is -0.138. The number of nitrogens with zero attached hydrogens (tertiary/aromatic N) is 2. The van der Waals surface area contributed by atoms with Crippen LogP contribution in [0.5, 0.6) is 5.75 Å². The number of carbonyl (C=O) groups is 3. The highest BCUT2D eigenvalue weighted by molar-refractivity contribution is 6.02. The van der Waals surface area contributed by atoms with Gasteiger partial charge in [0.15, 0.2) is 11.5 Å². The van der Waals surface area contributed by atoms with E-state index in [0.29, 0.717) is 36.5 Å². The number of ether oxygens (including phenoxy) is 3. The molecule has 0 radical (unpaired) electrons. The van der Waals surface area contributed by atoms with Crippen LogP contribution >= 0.6 is 0 Å². The summed E-state index contributed by atoms with van der Waals surface area (Å²) in [6.07, 6.45) is -2.09. The minimum Gasteiger partial charge on any atom is -0.491 e. The number of fused-ring (bicyclic) bond motifs is 2. The van der Waals surface area contributed by atoms with Gasteiger partial charge in [0, 0.05) is 24.0 Å². The number of rotatable bonds is 8. The molecule has 4 heterocycles. The molecule has 1 N–H and O–H groups in total. The van der Waals surface area contributed by atoms with E-state index < -0.39 is 36.2 Å². The number of aryl methyl sites for hydroxylation is 1. The highest BCUT2D eigenvalue weighted by atomic mass is 19.1. The van der Waals surface area contributed by atoms with Crippen LogP contribution in [0.2, 0.25) is 0 Å². The van der Waals surface area contributed by atoms with Gasteiger partial charge >= 0.3 is 0 Å². The van der Waals surface area contributed by atoms with Gasteiger partial charge in [-0.25, -0.2) is 4.39 Å². The van der Waals surface area contributed by atoms with Gasteiger partial charge in [-0.15, -0.1) is 0 Å². The van der Waals surface area contributed by atoms with Crippen LogP contribution < -0.4 is 10.1 Å². The van der Waals surface area contributed by atoms with Gasteiger partial charge in [0.25, 0.3) is 5.91 Å². The van der Waals surface area contributed by atoms with E-state index in [-0.39, 0.29) is 36.7 Å². The van der Waals surface area contributed by atoms with Gasteiger partial charge in [-0.05, 0) is 44.5 Å². The lowest BCUT2D eigenvalue weighted by Crippen LogP contribution is -2.52. The Morgan fingerprint density at radius 1 is 1.23 bits per heavy atom. The minimum atomic E-state index is -1.44. The zero-order chi connectivity index (χ0) is 27.8. The second-order valence-electron chi connectivity index (χ2n) is 11.1. The van der Waals surface area contributed by atoms with E-state index in [1.54, 1.807) is 19.1 Å². The van der Waals surface area contributed by atoms with Crippen LogP contribution in [-0.4, -0.2) is 104 Å². The smallest absolute Gasteiger partial charge is 0.287 e. The van der Waals surface area contributed by atoms with E-state index in [1.165, 1.54) is 4.90 Å². The zero-order valence-corrected chi connectivity index (χ0v) is 22.8. The number of hydrogen-bond donors (Lipinski definition) is 1.